The number of allylic oxidation sites excluding steroid dienone is 1. The molecule has 10 heteroatoms. The Morgan fingerprint density at radius 3 is 2.84 bits per heavy atom. The van der Waals surface area contributed by atoms with Crippen molar-refractivity contribution in [1.82, 2.24) is 4.57 Å². The summed E-state index contributed by atoms with van der Waals surface area (Å²) in [7, 11) is 3.75. The van der Waals surface area contributed by atoms with Crippen LogP contribution in [0.4, 0.5) is 5.88 Å². The minimum Gasteiger partial charge on any atom is -0.463 e. The Labute approximate surface area is 194 Å². The van der Waals surface area contributed by atoms with Crippen molar-refractivity contribution in [3.63, 3.8) is 0 Å². The van der Waals surface area contributed by atoms with Crippen LogP contribution in [0.2, 0.25) is 0 Å². The molecule has 0 fully saturated rings. The van der Waals surface area contributed by atoms with E-state index in [4.69, 9.17) is 9.15 Å². The standard InChI is InChI=1S/C21H20BrN3O4S2/c1-5-28-20(27)16-11(2)23-21-25(17(16)14-7-6-8-30-14)18(26)15(31-21)10-12-9-13(22)19(29-12)24(3)4/h6-10,17H,5H2,1-4H3/b15-10+/t17-/m0/s1. The van der Waals surface area contributed by atoms with Gasteiger partial charge in [-0.25, -0.2) is 9.79 Å². The molecule has 4 heterocycles. The number of hydrogen-bond acceptors (Lipinski definition) is 8. The lowest BCUT2D eigenvalue weighted by atomic mass is 10.0. The quantitative estimate of drug-likeness (QED) is 0.481. The molecule has 162 valence electrons. The fourth-order valence-corrected chi connectivity index (χ4v) is 5.90. The summed E-state index contributed by atoms with van der Waals surface area (Å²) in [6, 6.07) is 5.06. The number of thiazole rings is 1. The summed E-state index contributed by atoms with van der Waals surface area (Å²) >= 11 is 6.23. The van der Waals surface area contributed by atoms with Crippen molar-refractivity contribution in [1.29, 1.82) is 0 Å². The van der Waals surface area contributed by atoms with Gasteiger partial charge in [0.15, 0.2) is 4.80 Å². The van der Waals surface area contributed by atoms with Gasteiger partial charge in [0.25, 0.3) is 5.56 Å². The number of nitrogens with zero attached hydrogens (tertiary/aromatic N) is 3. The molecule has 1 atom stereocenters. The summed E-state index contributed by atoms with van der Waals surface area (Å²) < 4.78 is 14.0. The van der Waals surface area contributed by atoms with Crippen molar-refractivity contribution in [2.45, 2.75) is 19.9 Å². The van der Waals surface area contributed by atoms with E-state index in [-0.39, 0.29) is 12.2 Å². The number of furan rings is 1. The SMILES string of the molecule is CCOC(=O)C1=C(C)N=c2s/c(=C/c3cc(Br)c(N(C)C)o3)c(=O)n2[C@H]1c1cccs1. The maximum atomic E-state index is 13.4. The molecule has 1 aliphatic heterocycles. The fourth-order valence-electron chi connectivity index (χ4n) is 3.39. The van der Waals surface area contributed by atoms with Crippen LogP contribution >= 0.6 is 38.6 Å². The van der Waals surface area contributed by atoms with Gasteiger partial charge in [-0.05, 0) is 41.2 Å². The van der Waals surface area contributed by atoms with Crippen LogP contribution < -0.4 is 19.8 Å². The highest BCUT2D eigenvalue weighted by molar-refractivity contribution is 9.10. The Hall–Kier alpha value is -2.43. The van der Waals surface area contributed by atoms with E-state index < -0.39 is 12.0 Å². The molecular weight excluding hydrogens is 502 g/mol. The first-order valence-corrected chi connectivity index (χ1v) is 12.0. The molecule has 0 saturated carbocycles. The fraction of sp³-hybridized carbons (Fsp3) is 0.286. The Morgan fingerprint density at radius 2 is 2.23 bits per heavy atom. The summed E-state index contributed by atoms with van der Waals surface area (Å²) in [5.74, 6) is 0.757. The molecule has 0 radical (unpaired) electrons. The Morgan fingerprint density at radius 1 is 1.45 bits per heavy atom. The number of ether oxygens (including phenoxy) is 1. The van der Waals surface area contributed by atoms with E-state index >= 15 is 0 Å². The van der Waals surface area contributed by atoms with Crippen LogP contribution in [0.25, 0.3) is 6.08 Å². The molecule has 0 aromatic carbocycles. The Bertz CT molecular complexity index is 1350. The number of fused-ring (bicyclic) bond motifs is 1. The Kier molecular flexibility index (Phi) is 6.05. The van der Waals surface area contributed by atoms with Gasteiger partial charge in [0.05, 0.1) is 26.9 Å². The van der Waals surface area contributed by atoms with Gasteiger partial charge in [-0.1, -0.05) is 17.4 Å². The van der Waals surface area contributed by atoms with Gasteiger partial charge in [0.1, 0.15) is 11.8 Å². The first-order chi connectivity index (χ1) is 14.8. The number of carbonyl (C=O) groups excluding carboxylic acids is 1. The van der Waals surface area contributed by atoms with E-state index in [1.54, 1.807) is 24.5 Å². The van der Waals surface area contributed by atoms with Crippen molar-refractivity contribution in [2.24, 2.45) is 4.99 Å². The van der Waals surface area contributed by atoms with Crippen LogP contribution in [-0.4, -0.2) is 31.2 Å². The maximum absolute atomic E-state index is 13.4. The number of esters is 1. The summed E-state index contributed by atoms with van der Waals surface area (Å²) in [5.41, 5.74) is 0.717. The van der Waals surface area contributed by atoms with E-state index in [1.165, 1.54) is 22.7 Å². The molecule has 7 nitrogen and oxygen atoms in total. The highest BCUT2D eigenvalue weighted by Gasteiger charge is 2.33. The van der Waals surface area contributed by atoms with Gasteiger partial charge in [-0.15, -0.1) is 11.3 Å². The Balaban J connectivity index is 1.91. The van der Waals surface area contributed by atoms with Crippen LogP contribution in [0.3, 0.4) is 0 Å². The summed E-state index contributed by atoms with van der Waals surface area (Å²) in [4.78, 5) is 34.0. The molecule has 0 bridgehead atoms. The first-order valence-electron chi connectivity index (χ1n) is 9.51. The highest BCUT2D eigenvalue weighted by atomic mass is 79.9. The zero-order valence-electron chi connectivity index (χ0n) is 17.3. The predicted octanol–water partition coefficient (Wildman–Crippen LogP) is 3.28. The monoisotopic (exact) mass is 521 g/mol. The third kappa shape index (κ3) is 3.95. The van der Waals surface area contributed by atoms with Crippen molar-refractivity contribution >= 4 is 56.5 Å². The lowest BCUT2D eigenvalue weighted by Gasteiger charge is -2.23. The average molecular weight is 522 g/mol. The number of anilines is 1. The van der Waals surface area contributed by atoms with Gasteiger partial charge in [-0.2, -0.15) is 0 Å². The molecule has 0 spiro atoms. The van der Waals surface area contributed by atoms with Gasteiger partial charge in [0.2, 0.25) is 5.88 Å². The number of thiophene rings is 1. The van der Waals surface area contributed by atoms with Crippen molar-refractivity contribution < 1.29 is 13.9 Å². The zero-order valence-corrected chi connectivity index (χ0v) is 20.6. The second-order valence-corrected chi connectivity index (χ2v) is 9.86. The second kappa shape index (κ2) is 8.60. The third-order valence-corrected chi connectivity index (χ3v) is 7.17. The molecule has 0 aliphatic carbocycles. The smallest absolute Gasteiger partial charge is 0.338 e. The van der Waals surface area contributed by atoms with Gasteiger partial charge in [0, 0.05) is 31.1 Å². The van der Waals surface area contributed by atoms with Crippen LogP contribution in [0.5, 0.6) is 0 Å². The maximum Gasteiger partial charge on any atom is 0.338 e. The van der Waals surface area contributed by atoms with E-state index in [1.807, 2.05) is 42.6 Å². The molecule has 0 unspecified atom stereocenters. The van der Waals surface area contributed by atoms with E-state index in [2.05, 4.69) is 20.9 Å². The topological polar surface area (TPSA) is 77.0 Å². The van der Waals surface area contributed by atoms with Crippen LogP contribution in [0, 0.1) is 0 Å². The lowest BCUT2D eigenvalue weighted by Crippen LogP contribution is -2.39. The van der Waals surface area contributed by atoms with Crippen LogP contribution in [-0.2, 0) is 9.53 Å². The van der Waals surface area contributed by atoms with E-state index in [0.717, 1.165) is 9.35 Å². The summed E-state index contributed by atoms with van der Waals surface area (Å²) in [5, 5.41) is 1.92. The van der Waals surface area contributed by atoms with E-state index in [9.17, 15) is 9.59 Å². The normalized spacial score (nSPS) is 16.3. The average Bonchev–Trinajstić information content (AvgIpc) is 3.42. The lowest BCUT2D eigenvalue weighted by molar-refractivity contribution is -0.139. The molecule has 4 rings (SSSR count). The third-order valence-electron chi connectivity index (χ3n) is 4.70. The number of carbonyl (C=O) groups is 1. The molecule has 31 heavy (non-hydrogen) atoms. The predicted molar refractivity (Wildman–Crippen MR) is 125 cm³/mol. The van der Waals surface area contributed by atoms with Crippen molar-refractivity contribution in [2.75, 3.05) is 25.6 Å². The first kappa shape index (κ1) is 21.8. The second-order valence-electron chi connectivity index (χ2n) is 7.01. The molecule has 0 amide bonds. The van der Waals surface area contributed by atoms with Crippen molar-refractivity contribution in [3.8, 4) is 0 Å². The molecule has 3 aromatic heterocycles. The number of aromatic nitrogens is 1. The van der Waals surface area contributed by atoms with Gasteiger partial charge >= 0.3 is 5.97 Å². The number of halogens is 1. The van der Waals surface area contributed by atoms with Gasteiger partial charge < -0.3 is 14.1 Å². The molecular formula is C21H20BrN3O4S2. The summed E-state index contributed by atoms with van der Waals surface area (Å²) in [6.45, 7) is 3.78. The van der Waals surface area contributed by atoms with Gasteiger partial charge in [-0.3, -0.25) is 9.36 Å². The minimum atomic E-state index is -0.571. The molecule has 1 aliphatic rings. The number of hydrogen-bond donors (Lipinski definition) is 0. The summed E-state index contributed by atoms with van der Waals surface area (Å²) in [6.07, 6.45) is 1.70. The van der Waals surface area contributed by atoms with E-state index in [0.29, 0.717) is 32.2 Å². The van der Waals surface area contributed by atoms with Crippen LogP contribution in [0.15, 0.2) is 53.5 Å². The zero-order chi connectivity index (χ0) is 22.3. The molecule has 0 saturated heterocycles. The number of rotatable bonds is 5. The molecule has 0 N–H and O–H groups in total. The largest absolute Gasteiger partial charge is 0.463 e. The van der Waals surface area contributed by atoms with Crippen LogP contribution in [0.1, 0.15) is 30.5 Å². The minimum absolute atomic E-state index is 0.227. The molecule has 3 aromatic rings. The van der Waals surface area contributed by atoms with Crippen molar-refractivity contribution in [3.05, 3.63) is 69.6 Å². The highest BCUT2D eigenvalue weighted by Crippen LogP contribution is 2.33.